The Kier molecular flexibility index (Phi) is 4.22. The standard InChI is InChI=1S/C21H19ClFN7O/c22-21-28-12-3-5-24-8-11(12)18(30-21)29-19-16(23)14-9(7-26-19)1-2-10-15-13(27-17(10)14)4-6-25-20(15)31/h7,24,27H,1-6,8H2,(H,25,31)(H,26,28,29,30). The van der Waals surface area contributed by atoms with Crippen LogP contribution in [0.4, 0.5) is 16.0 Å². The SMILES string of the molecule is O=C1NCCc2[nH]c3c(c21)CCc1cnc(Nc2nc(Cl)nc4c2CNCC4)c(F)c1-3. The summed E-state index contributed by atoms with van der Waals surface area (Å²) in [6, 6.07) is 0. The maximum Gasteiger partial charge on any atom is 0.253 e. The smallest absolute Gasteiger partial charge is 0.253 e. The Bertz CT molecular complexity index is 1260. The molecule has 5 heterocycles. The lowest BCUT2D eigenvalue weighted by molar-refractivity contribution is 0.0945. The molecule has 0 radical (unpaired) electrons. The Morgan fingerprint density at radius 1 is 1.03 bits per heavy atom. The van der Waals surface area contributed by atoms with Crippen LogP contribution in [0.1, 0.15) is 38.4 Å². The Labute approximate surface area is 182 Å². The van der Waals surface area contributed by atoms with E-state index in [4.69, 9.17) is 11.6 Å². The molecule has 0 fully saturated rings. The minimum absolute atomic E-state index is 0.0752. The zero-order chi connectivity index (χ0) is 21.1. The lowest BCUT2D eigenvalue weighted by Crippen LogP contribution is -2.32. The lowest BCUT2D eigenvalue weighted by atomic mass is 9.88. The van der Waals surface area contributed by atoms with Crippen LogP contribution < -0.4 is 16.0 Å². The predicted molar refractivity (Wildman–Crippen MR) is 113 cm³/mol. The molecule has 0 saturated heterocycles. The first-order chi connectivity index (χ1) is 15.1. The molecule has 8 nitrogen and oxygen atoms in total. The van der Waals surface area contributed by atoms with Crippen LogP contribution in [0, 0.1) is 5.82 Å². The van der Waals surface area contributed by atoms with Gasteiger partial charge in [-0.25, -0.2) is 19.3 Å². The van der Waals surface area contributed by atoms with Crippen molar-refractivity contribution in [3.05, 3.63) is 50.9 Å². The number of hydrogen-bond donors (Lipinski definition) is 4. The molecule has 31 heavy (non-hydrogen) atoms. The Hall–Kier alpha value is -3.04. The summed E-state index contributed by atoms with van der Waals surface area (Å²) in [4.78, 5) is 28.6. The van der Waals surface area contributed by atoms with Gasteiger partial charge in [0.25, 0.3) is 5.91 Å². The van der Waals surface area contributed by atoms with Gasteiger partial charge >= 0.3 is 0 Å². The zero-order valence-corrected chi connectivity index (χ0v) is 17.3. The first-order valence-corrected chi connectivity index (χ1v) is 10.7. The number of hydrogen-bond acceptors (Lipinski definition) is 6. The van der Waals surface area contributed by atoms with Gasteiger partial charge in [0.05, 0.1) is 17.0 Å². The molecule has 2 aliphatic heterocycles. The van der Waals surface area contributed by atoms with Gasteiger partial charge in [0.15, 0.2) is 11.6 Å². The van der Waals surface area contributed by atoms with Gasteiger partial charge in [0, 0.05) is 55.5 Å². The molecule has 6 rings (SSSR count). The summed E-state index contributed by atoms with van der Waals surface area (Å²) in [5.74, 6) is -0.0321. The van der Waals surface area contributed by atoms with Gasteiger partial charge < -0.3 is 20.9 Å². The van der Waals surface area contributed by atoms with E-state index in [1.807, 2.05) is 0 Å². The molecule has 0 saturated carbocycles. The number of pyridine rings is 1. The van der Waals surface area contributed by atoms with Gasteiger partial charge in [-0.2, -0.15) is 0 Å². The van der Waals surface area contributed by atoms with E-state index in [-0.39, 0.29) is 17.0 Å². The van der Waals surface area contributed by atoms with E-state index in [1.165, 1.54) is 0 Å². The van der Waals surface area contributed by atoms with E-state index < -0.39 is 5.82 Å². The highest BCUT2D eigenvalue weighted by atomic mass is 35.5. The highest BCUT2D eigenvalue weighted by Crippen LogP contribution is 2.40. The topological polar surface area (TPSA) is 108 Å². The first kappa shape index (κ1) is 18.7. The molecule has 0 aromatic carbocycles. The molecule has 3 aliphatic rings. The summed E-state index contributed by atoms with van der Waals surface area (Å²) in [5.41, 5.74) is 6.09. The number of carbonyl (C=O) groups is 1. The number of anilines is 2. The molecule has 1 amide bonds. The Morgan fingerprint density at radius 3 is 2.84 bits per heavy atom. The Morgan fingerprint density at radius 2 is 1.94 bits per heavy atom. The van der Waals surface area contributed by atoms with Gasteiger partial charge in [0.1, 0.15) is 5.82 Å². The molecule has 0 bridgehead atoms. The quantitative estimate of drug-likeness (QED) is 0.457. The second kappa shape index (κ2) is 7.00. The van der Waals surface area contributed by atoms with Crippen LogP contribution in [-0.2, 0) is 32.2 Å². The van der Waals surface area contributed by atoms with Gasteiger partial charge in [0.2, 0.25) is 5.28 Å². The largest absolute Gasteiger partial charge is 0.357 e. The van der Waals surface area contributed by atoms with Gasteiger partial charge in [-0.05, 0) is 35.6 Å². The van der Waals surface area contributed by atoms with E-state index in [0.29, 0.717) is 55.0 Å². The number of aromatic nitrogens is 4. The average molecular weight is 440 g/mol. The summed E-state index contributed by atoms with van der Waals surface area (Å²) in [7, 11) is 0. The molecule has 3 aromatic heterocycles. The number of nitrogens with one attached hydrogen (secondary N) is 4. The van der Waals surface area contributed by atoms with Crippen LogP contribution in [0.15, 0.2) is 6.20 Å². The number of nitrogens with zero attached hydrogens (tertiary/aromatic N) is 3. The molecular formula is C21H19ClFN7O. The number of rotatable bonds is 2. The number of carbonyl (C=O) groups excluding carboxylic acids is 1. The third-order valence-corrected chi connectivity index (χ3v) is 6.37. The van der Waals surface area contributed by atoms with E-state index in [0.717, 1.165) is 41.0 Å². The van der Waals surface area contributed by atoms with Crippen LogP contribution in [-0.4, -0.2) is 38.9 Å². The maximum atomic E-state index is 15.8. The van der Waals surface area contributed by atoms with Gasteiger partial charge in [-0.15, -0.1) is 0 Å². The second-order valence-electron chi connectivity index (χ2n) is 7.98. The number of aryl methyl sites for hydroxylation is 1. The fraction of sp³-hybridized carbons (Fsp3) is 0.333. The summed E-state index contributed by atoms with van der Waals surface area (Å²) in [6.07, 6.45) is 4.43. The highest BCUT2D eigenvalue weighted by Gasteiger charge is 2.32. The summed E-state index contributed by atoms with van der Waals surface area (Å²) in [6.45, 7) is 1.96. The molecule has 0 atom stereocenters. The van der Waals surface area contributed by atoms with Crippen molar-refractivity contribution in [2.45, 2.75) is 32.2 Å². The van der Waals surface area contributed by atoms with Crippen molar-refractivity contribution in [3.8, 4) is 11.3 Å². The third-order valence-electron chi connectivity index (χ3n) is 6.20. The van der Waals surface area contributed by atoms with Crippen molar-refractivity contribution in [3.63, 3.8) is 0 Å². The van der Waals surface area contributed by atoms with Gasteiger partial charge in [-0.3, -0.25) is 4.79 Å². The maximum absolute atomic E-state index is 15.8. The fourth-order valence-electron chi connectivity index (χ4n) is 4.77. The predicted octanol–water partition coefficient (Wildman–Crippen LogP) is 2.43. The lowest BCUT2D eigenvalue weighted by Gasteiger charge is -2.22. The molecule has 3 aromatic rings. The average Bonchev–Trinajstić information content (AvgIpc) is 3.15. The van der Waals surface area contributed by atoms with Crippen molar-refractivity contribution < 1.29 is 9.18 Å². The molecule has 10 heteroatoms. The van der Waals surface area contributed by atoms with Crippen LogP contribution in [0.25, 0.3) is 11.3 Å². The normalized spacial score (nSPS) is 16.6. The number of amides is 1. The van der Waals surface area contributed by atoms with Crippen LogP contribution in [0.3, 0.4) is 0 Å². The van der Waals surface area contributed by atoms with Gasteiger partial charge in [-0.1, -0.05) is 0 Å². The van der Waals surface area contributed by atoms with Crippen molar-refractivity contribution in [1.82, 2.24) is 30.6 Å². The molecule has 0 spiro atoms. The Balaban J connectivity index is 1.46. The molecule has 0 unspecified atom stereocenters. The molecule has 4 N–H and O–H groups in total. The molecule has 1 aliphatic carbocycles. The van der Waals surface area contributed by atoms with Crippen LogP contribution in [0.5, 0.6) is 0 Å². The van der Waals surface area contributed by atoms with Crippen LogP contribution in [0.2, 0.25) is 5.28 Å². The third kappa shape index (κ3) is 2.91. The monoisotopic (exact) mass is 439 g/mol. The number of fused-ring (bicyclic) bond motifs is 6. The fourth-order valence-corrected chi connectivity index (χ4v) is 4.96. The van der Waals surface area contributed by atoms with E-state index in [1.54, 1.807) is 6.20 Å². The second-order valence-corrected chi connectivity index (χ2v) is 8.32. The van der Waals surface area contributed by atoms with E-state index in [2.05, 4.69) is 35.9 Å². The summed E-state index contributed by atoms with van der Waals surface area (Å²) in [5, 5.41) is 9.31. The summed E-state index contributed by atoms with van der Waals surface area (Å²) < 4.78 is 15.8. The molecular weight excluding hydrogens is 421 g/mol. The minimum atomic E-state index is -0.468. The van der Waals surface area contributed by atoms with Crippen molar-refractivity contribution in [2.24, 2.45) is 0 Å². The highest BCUT2D eigenvalue weighted by molar-refractivity contribution is 6.28. The van der Waals surface area contributed by atoms with Crippen molar-refractivity contribution in [1.29, 1.82) is 0 Å². The van der Waals surface area contributed by atoms with Crippen molar-refractivity contribution >= 4 is 29.1 Å². The van der Waals surface area contributed by atoms with E-state index >= 15 is 4.39 Å². The number of H-pyrrole nitrogens is 1. The van der Waals surface area contributed by atoms with E-state index in [9.17, 15) is 4.79 Å². The zero-order valence-electron chi connectivity index (χ0n) is 16.5. The summed E-state index contributed by atoms with van der Waals surface area (Å²) >= 11 is 6.10. The number of halogens is 2. The minimum Gasteiger partial charge on any atom is -0.357 e. The molecule has 158 valence electrons. The van der Waals surface area contributed by atoms with Crippen LogP contribution >= 0.6 is 11.6 Å². The van der Waals surface area contributed by atoms with Crippen molar-refractivity contribution in [2.75, 3.05) is 18.4 Å². The first-order valence-electron chi connectivity index (χ1n) is 10.3. The number of aromatic amines is 1.